The van der Waals surface area contributed by atoms with Gasteiger partial charge in [-0.05, 0) is 36.8 Å². The van der Waals surface area contributed by atoms with Crippen molar-refractivity contribution in [3.05, 3.63) is 60.2 Å². The molecule has 2 aromatic rings. The van der Waals surface area contributed by atoms with Gasteiger partial charge in [-0.15, -0.1) is 0 Å². The third-order valence-electron chi connectivity index (χ3n) is 2.77. The van der Waals surface area contributed by atoms with Crippen LogP contribution in [0.25, 0.3) is 0 Å². The normalized spacial score (nSPS) is 11.7. The summed E-state index contributed by atoms with van der Waals surface area (Å²) >= 11 is 0. The standard InChI is InChI=1S/C16H17NO3/c1-12(18)13-6-5-9-15(10-13)20-11-16(19)17-14-7-3-2-4-8-14/h2-10,12,18H,11H2,1H3,(H,17,19)/t12-/m0/s1. The van der Waals surface area contributed by atoms with Crippen molar-refractivity contribution in [2.24, 2.45) is 0 Å². The smallest absolute Gasteiger partial charge is 0.262 e. The number of carbonyl (C=O) groups is 1. The predicted molar refractivity (Wildman–Crippen MR) is 77.6 cm³/mol. The molecular weight excluding hydrogens is 254 g/mol. The van der Waals surface area contributed by atoms with Crippen LogP contribution in [-0.4, -0.2) is 17.6 Å². The maximum absolute atomic E-state index is 11.7. The van der Waals surface area contributed by atoms with Crippen LogP contribution >= 0.6 is 0 Å². The summed E-state index contributed by atoms with van der Waals surface area (Å²) in [6, 6.07) is 16.3. The molecular formula is C16H17NO3. The Morgan fingerprint density at radius 2 is 1.95 bits per heavy atom. The van der Waals surface area contributed by atoms with Crippen LogP contribution < -0.4 is 10.1 Å². The second-order valence-electron chi connectivity index (χ2n) is 4.45. The van der Waals surface area contributed by atoms with Crippen molar-refractivity contribution in [2.75, 3.05) is 11.9 Å². The van der Waals surface area contributed by atoms with Crippen LogP contribution in [0.1, 0.15) is 18.6 Å². The van der Waals surface area contributed by atoms with Gasteiger partial charge in [0.25, 0.3) is 5.91 Å². The number of carbonyl (C=O) groups excluding carboxylic acids is 1. The molecule has 104 valence electrons. The Kier molecular flexibility index (Phi) is 4.74. The molecule has 20 heavy (non-hydrogen) atoms. The lowest BCUT2D eigenvalue weighted by molar-refractivity contribution is -0.118. The Bertz CT molecular complexity index is 567. The second kappa shape index (κ2) is 6.73. The van der Waals surface area contributed by atoms with Gasteiger partial charge in [-0.3, -0.25) is 4.79 Å². The van der Waals surface area contributed by atoms with Crippen LogP contribution in [0.15, 0.2) is 54.6 Å². The summed E-state index contributed by atoms with van der Waals surface area (Å²) in [5.74, 6) is 0.338. The van der Waals surface area contributed by atoms with E-state index in [1.165, 1.54) is 0 Å². The highest BCUT2D eigenvalue weighted by atomic mass is 16.5. The second-order valence-corrected chi connectivity index (χ2v) is 4.45. The van der Waals surface area contributed by atoms with E-state index in [1.54, 1.807) is 25.1 Å². The number of para-hydroxylation sites is 1. The van der Waals surface area contributed by atoms with E-state index in [0.29, 0.717) is 5.75 Å². The summed E-state index contributed by atoms with van der Waals surface area (Å²) < 4.78 is 5.41. The summed E-state index contributed by atoms with van der Waals surface area (Å²) in [5.41, 5.74) is 1.49. The third-order valence-corrected chi connectivity index (χ3v) is 2.77. The van der Waals surface area contributed by atoms with Crippen molar-refractivity contribution in [1.29, 1.82) is 0 Å². The topological polar surface area (TPSA) is 58.6 Å². The zero-order chi connectivity index (χ0) is 14.4. The number of aliphatic hydroxyl groups is 1. The number of hydrogen-bond donors (Lipinski definition) is 2. The molecule has 0 bridgehead atoms. The Morgan fingerprint density at radius 3 is 2.65 bits per heavy atom. The van der Waals surface area contributed by atoms with Gasteiger partial charge in [0, 0.05) is 5.69 Å². The quantitative estimate of drug-likeness (QED) is 0.879. The molecule has 0 fully saturated rings. The van der Waals surface area contributed by atoms with Gasteiger partial charge in [-0.2, -0.15) is 0 Å². The van der Waals surface area contributed by atoms with E-state index < -0.39 is 6.10 Å². The summed E-state index contributed by atoms with van der Waals surface area (Å²) in [7, 11) is 0. The maximum atomic E-state index is 11.7. The van der Waals surface area contributed by atoms with Crippen molar-refractivity contribution in [3.8, 4) is 5.75 Å². The van der Waals surface area contributed by atoms with E-state index in [9.17, 15) is 9.90 Å². The van der Waals surface area contributed by atoms with E-state index in [2.05, 4.69) is 5.32 Å². The molecule has 4 nitrogen and oxygen atoms in total. The van der Waals surface area contributed by atoms with E-state index in [1.807, 2.05) is 36.4 Å². The lowest BCUT2D eigenvalue weighted by Crippen LogP contribution is -2.20. The first-order valence-corrected chi connectivity index (χ1v) is 6.41. The molecule has 0 radical (unpaired) electrons. The number of nitrogens with one attached hydrogen (secondary N) is 1. The number of ether oxygens (including phenoxy) is 1. The van der Waals surface area contributed by atoms with Crippen molar-refractivity contribution in [3.63, 3.8) is 0 Å². The average Bonchev–Trinajstić information content (AvgIpc) is 2.46. The Morgan fingerprint density at radius 1 is 1.20 bits per heavy atom. The van der Waals surface area contributed by atoms with E-state index in [-0.39, 0.29) is 12.5 Å². The molecule has 0 saturated heterocycles. The summed E-state index contributed by atoms with van der Waals surface area (Å²) in [6.45, 7) is 1.61. The van der Waals surface area contributed by atoms with Crippen molar-refractivity contribution < 1.29 is 14.6 Å². The molecule has 0 heterocycles. The van der Waals surface area contributed by atoms with Crippen LogP contribution in [0.5, 0.6) is 5.75 Å². The Labute approximate surface area is 118 Å². The predicted octanol–water partition coefficient (Wildman–Crippen LogP) is 2.76. The zero-order valence-corrected chi connectivity index (χ0v) is 11.2. The van der Waals surface area contributed by atoms with E-state index in [0.717, 1.165) is 11.3 Å². The maximum Gasteiger partial charge on any atom is 0.262 e. The van der Waals surface area contributed by atoms with E-state index in [4.69, 9.17) is 4.74 Å². The van der Waals surface area contributed by atoms with Gasteiger partial charge in [0.2, 0.25) is 0 Å². The highest BCUT2D eigenvalue weighted by Crippen LogP contribution is 2.18. The number of benzene rings is 2. The first kappa shape index (κ1) is 14.1. The lowest BCUT2D eigenvalue weighted by atomic mass is 10.1. The van der Waals surface area contributed by atoms with Crippen molar-refractivity contribution in [1.82, 2.24) is 0 Å². The SMILES string of the molecule is C[C@H](O)c1cccc(OCC(=O)Nc2ccccc2)c1. The summed E-state index contributed by atoms with van der Waals surface area (Å²) in [4.78, 5) is 11.7. The molecule has 0 aliphatic carbocycles. The van der Waals surface area contributed by atoms with E-state index >= 15 is 0 Å². The molecule has 0 aliphatic heterocycles. The molecule has 2 rings (SSSR count). The summed E-state index contributed by atoms with van der Waals surface area (Å²) in [5, 5.41) is 12.2. The fourth-order valence-corrected chi connectivity index (χ4v) is 1.73. The highest BCUT2D eigenvalue weighted by molar-refractivity contribution is 5.91. The molecule has 0 spiro atoms. The van der Waals surface area contributed by atoms with Crippen LogP contribution in [0, 0.1) is 0 Å². The monoisotopic (exact) mass is 271 g/mol. The minimum atomic E-state index is -0.559. The number of amides is 1. The molecule has 2 N–H and O–H groups in total. The minimum Gasteiger partial charge on any atom is -0.484 e. The molecule has 0 aromatic heterocycles. The van der Waals surface area contributed by atoms with Crippen molar-refractivity contribution >= 4 is 11.6 Å². The molecule has 0 saturated carbocycles. The van der Waals surface area contributed by atoms with Gasteiger partial charge in [0.1, 0.15) is 5.75 Å². The van der Waals surface area contributed by atoms with Gasteiger partial charge in [0.05, 0.1) is 6.10 Å². The number of hydrogen-bond acceptors (Lipinski definition) is 3. The summed E-state index contributed by atoms with van der Waals surface area (Å²) in [6.07, 6.45) is -0.559. The number of anilines is 1. The highest BCUT2D eigenvalue weighted by Gasteiger charge is 2.05. The van der Waals surface area contributed by atoms with Crippen LogP contribution in [0.4, 0.5) is 5.69 Å². The van der Waals surface area contributed by atoms with Crippen LogP contribution in [0.2, 0.25) is 0 Å². The van der Waals surface area contributed by atoms with Gasteiger partial charge < -0.3 is 15.2 Å². The van der Waals surface area contributed by atoms with Gasteiger partial charge in [-0.25, -0.2) is 0 Å². The zero-order valence-electron chi connectivity index (χ0n) is 11.2. The fourth-order valence-electron chi connectivity index (χ4n) is 1.73. The van der Waals surface area contributed by atoms with Gasteiger partial charge in [0.15, 0.2) is 6.61 Å². The molecule has 2 aromatic carbocycles. The van der Waals surface area contributed by atoms with Gasteiger partial charge >= 0.3 is 0 Å². The number of aliphatic hydroxyl groups excluding tert-OH is 1. The fraction of sp³-hybridized carbons (Fsp3) is 0.188. The molecule has 1 atom stereocenters. The Hall–Kier alpha value is -2.33. The average molecular weight is 271 g/mol. The van der Waals surface area contributed by atoms with Crippen molar-refractivity contribution in [2.45, 2.75) is 13.0 Å². The lowest BCUT2D eigenvalue weighted by Gasteiger charge is -2.10. The van der Waals surface area contributed by atoms with Crippen LogP contribution in [-0.2, 0) is 4.79 Å². The Balaban J connectivity index is 1.89. The molecule has 4 heteroatoms. The largest absolute Gasteiger partial charge is 0.484 e. The first-order chi connectivity index (χ1) is 9.65. The first-order valence-electron chi connectivity index (χ1n) is 6.41. The minimum absolute atomic E-state index is 0.0713. The molecule has 0 aliphatic rings. The van der Waals surface area contributed by atoms with Gasteiger partial charge in [-0.1, -0.05) is 30.3 Å². The third kappa shape index (κ3) is 4.10. The number of rotatable bonds is 5. The van der Waals surface area contributed by atoms with Crippen LogP contribution in [0.3, 0.4) is 0 Å². The molecule has 0 unspecified atom stereocenters. The molecule has 1 amide bonds.